The Balaban J connectivity index is 2.11. The predicted octanol–water partition coefficient (Wildman–Crippen LogP) is 1.78. The van der Waals surface area contributed by atoms with Gasteiger partial charge in [0.25, 0.3) is 5.91 Å². The van der Waals surface area contributed by atoms with Gasteiger partial charge in [0.1, 0.15) is 5.76 Å². The fourth-order valence-corrected chi connectivity index (χ4v) is 2.45. The smallest absolute Gasteiger partial charge is 0.257 e. The van der Waals surface area contributed by atoms with E-state index < -0.39 is 0 Å². The molecule has 3 nitrogen and oxygen atoms in total. The van der Waals surface area contributed by atoms with Gasteiger partial charge < -0.3 is 9.32 Å². The fourth-order valence-electron chi connectivity index (χ4n) is 1.54. The van der Waals surface area contributed by atoms with Crippen LogP contribution in [0.2, 0.25) is 0 Å². The Morgan fingerprint density at radius 3 is 2.79 bits per heavy atom. The molecule has 1 saturated heterocycles. The van der Waals surface area contributed by atoms with Crippen molar-refractivity contribution < 1.29 is 9.21 Å². The highest BCUT2D eigenvalue weighted by atomic mass is 32.2. The number of hydrogen-bond donors (Lipinski definition) is 0. The summed E-state index contributed by atoms with van der Waals surface area (Å²) in [5, 5.41) is 0. The minimum absolute atomic E-state index is 0.108. The van der Waals surface area contributed by atoms with Crippen molar-refractivity contribution in [2.75, 3.05) is 24.6 Å². The third kappa shape index (κ3) is 1.80. The lowest BCUT2D eigenvalue weighted by Crippen LogP contribution is -2.37. The number of thioether (sulfide) groups is 1. The highest BCUT2D eigenvalue weighted by Gasteiger charge is 2.20. The molecule has 1 fully saturated rings. The fraction of sp³-hybridized carbons (Fsp3) is 0.500. The number of rotatable bonds is 1. The minimum atomic E-state index is 0.108. The summed E-state index contributed by atoms with van der Waals surface area (Å²) in [5.41, 5.74) is 0.705. The SMILES string of the molecule is Cc1occc1C(=O)N1CCSCC1. The number of carbonyl (C=O) groups is 1. The Bertz CT molecular complexity index is 329. The van der Waals surface area contributed by atoms with Crippen LogP contribution in [0.4, 0.5) is 0 Å². The van der Waals surface area contributed by atoms with Crippen LogP contribution in [-0.4, -0.2) is 35.4 Å². The van der Waals surface area contributed by atoms with Gasteiger partial charge in [-0.1, -0.05) is 0 Å². The van der Waals surface area contributed by atoms with Crippen molar-refractivity contribution in [1.82, 2.24) is 4.90 Å². The van der Waals surface area contributed by atoms with Crippen LogP contribution in [0, 0.1) is 6.92 Å². The maximum absolute atomic E-state index is 11.9. The van der Waals surface area contributed by atoms with Crippen LogP contribution in [0.5, 0.6) is 0 Å². The van der Waals surface area contributed by atoms with Gasteiger partial charge in [-0.05, 0) is 13.0 Å². The maximum atomic E-state index is 11.9. The standard InChI is InChI=1S/C10H13NO2S/c1-8-9(2-5-13-8)10(12)11-3-6-14-7-4-11/h2,5H,3-4,6-7H2,1H3. The van der Waals surface area contributed by atoms with Gasteiger partial charge in [-0.2, -0.15) is 11.8 Å². The van der Waals surface area contributed by atoms with Gasteiger partial charge in [-0.15, -0.1) is 0 Å². The highest BCUT2D eigenvalue weighted by molar-refractivity contribution is 7.99. The van der Waals surface area contributed by atoms with E-state index in [1.807, 2.05) is 23.6 Å². The van der Waals surface area contributed by atoms with Gasteiger partial charge in [0.05, 0.1) is 11.8 Å². The van der Waals surface area contributed by atoms with Crippen molar-refractivity contribution in [3.05, 3.63) is 23.7 Å². The summed E-state index contributed by atoms with van der Waals surface area (Å²) in [6.07, 6.45) is 1.57. The summed E-state index contributed by atoms with van der Waals surface area (Å²) in [7, 11) is 0. The van der Waals surface area contributed by atoms with E-state index in [0.29, 0.717) is 11.3 Å². The first-order valence-corrected chi connectivity index (χ1v) is 5.85. The number of carbonyl (C=O) groups excluding carboxylic acids is 1. The van der Waals surface area contributed by atoms with E-state index >= 15 is 0 Å². The van der Waals surface area contributed by atoms with E-state index in [0.717, 1.165) is 24.6 Å². The van der Waals surface area contributed by atoms with Crippen molar-refractivity contribution >= 4 is 17.7 Å². The molecule has 1 aromatic rings. The van der Waals surface area contributed by atoms with E-state index in [2.05, 4.69) is 0 Å². The Labute approximate surface area is 87.5 Å². The monoisotopic (exact) mass is 211 g/mol. The van der Waals surface area contributed by atoms with Crippen molar-refractivity contribution in [3.63, 3.8) is 0 Å². The van der Waals surface area contributed by atoms with Gasteiger partial charge >= 0.3 is 0 Å². The largest absolute Gasteiger partial charge is 0.469 e. The Kier molecular flexibility index (Phi) is 2.82. The van der Waals surface area contributed by atoms with Crippen molar-refractivity contribution in [2.45, 2.75) is 6.92 Å². The zero-order valence-electron chi connectivity index (χ0n) is 8.16. The normalized spacial score (nSPS) is 17.1. The quantitative estimate of drug-likeness (QED) is 0.710. The van der Waals surface area contributed by atoms with Crippen LogP contribution in [0.25, 0.3) is 0 Å². The molecule has 14 heavy (non-hydrogen) atoms. The second-order valence-electron chi connectivity index (χ2n) is 3.30. The van der Waals surface area contributed by atoms with Gasteiger partial charge in [0.2, 0.25) is 0 Å². The van der Waals surface area contributed by atoms with E-state index in [1.165, 1.54) is 0 Å². The molecule has 0 atom stereocenters. The second kappa shape index (κ2) is 4.09. The molecule has 0 saturated carbocycles. The molecule has 0 spiro atoms. The van der Waals surface area contributed by atoms with Gasteiger partial charge in [0.15, 0.2) is 0 Å². The minimum Gasteiger partial charge on any atom is -0.469 e. The number of furan rings is 1. The molecule has 76 valence electrons. The van der Waals surface area contributed by atoms with E-state index in [1.54, 1.807) is 12.3 Å². The molecular weight excluding hydrogens is 198 g/mol. The number of hydrogen-bond acceptors (Lipinski definition) is 3. The number of amides is 1. The third-order valence-electron chi connectivity index (χ3n) is 2.39. The average molecular weight is 211 g/mol. The molecule has 1 amide bonds. The molecule has 2 rings (SSSR count). The Morgan fingerprint density at radius 1 is 1.50 bits per heavy atom. The summed E-state index contributed by atoms with van der Waals surface area (Å²) >= 11 is 1.90. The molecule has 1 aliphatic rings. The molecule has 0 bridgehead atoms. The molecular formula is C10H13NO2S. The summed E-state index contributed by atoms with van der Waals surface area (Å²) in [4.78, 5) is 13.8. The lowest BCUT2D eigenvalue weighted by atomic mass is 10.2. The van der Waals surface area contributed by atoms with Crippen molar-refractivity contribution in [2.24, 2.45) is 0 Å². The summed E-state index contributed by atoms with van der Waals surface area (Å²) < 4.78 is 5.12. The van der Waals surface area contributed by atoms with E-state index in [9.17, 15) is 4.79 Å². The summed E-state index contributed by atoms with van der Waals surface area (Å²) in [6, 6.07) is 1.75. The first-order chi connectivity index (χ1) is 6.79. The third-order valence-corrected chi connectivity index (χ3v) is 3.33. The summed E-state index contributed by atoms with van der Waals surface area (Å²) in [6.45, 7) is 3.54. The van der Waals surface area contributed by atoms with Crippen LogP contribution in [0.15, 0.2) is 16.7 Å². The zero-order valence-corrected chi connectivity index (χ0v) is 8.97. The molecule has 0 aliphatic carbocycles. The van der Waals surface area contributed by atoms with Crippen molar-refractivity contribution in [1.29, 1.82) is 0 Å². The van der Waals surface area contributed by atoms with Gasteiger partial charge in [-0.3, -0.25) is 4.79 Å². The van der Waals surface area contributed by atoms with Gasteiger partial charge in [-0.25, -0.2) is 0 Å². The van der Waals surface area contributed by atoms with E-state index in [4.69, 9.17) is 4.42 Å². The van der Waals surface area contributed by atoms with Crippen LogP contribution in [0.1, 0.15) is 16.1 Å². The summed E-state index contributed by atoms with van der Waals surface area (Å²) in [5.74, 6) is 2.91. The molecule has 0 unspecified atom stereocenters. The predicted molar refractivity (Wildman–Crippen MR) is 56.7 cm³/mol. The van der Waals surface area contributed by atoms with Gasteiger partial charge in [0, 0.05) is 24.6 Å². The molecule has 1 aromatic heterocycles. The average Bonchev–Trinajstić information content (AvgIpc) is 2.65. The highest BCUT2D eigenvalue weighted by Crippen LogP contribution is 2.16. The van der Waals surface area contributed by atoms with Crippen LogP contribution >= 0.6 is 11.8 Å². The zero-order chi connectivity index (χ0) is 9.97. The van der Waals surface area contributed by atoms with Crippen LogP contribution in [-0.2, 0) is 0 Å². The number of nitrogens with zero attached hydrogens (tertiary/aromatic N) is 1. The Morgan fingerprint density at radius 2 is 2.21 bits per heavy atom. The number of aryl methyl sites for hydroxylation is 1. The first kappa shape index (κ1) is 9.65. The molecule has 0 radical (unpaired) electrons. The second-order valence-corrected chi connectivity index (χ2v) is 4.52. The maximum Gasteiger partial charge on any atom is 0.257 e. The lowest BCUT2D eigenvalue weighted by molar-refractivity contribution is 0.0770. The Hall–Kier alpha value is -0.900. The lowest BCUT2D eigenvalue weighted by Gasteiger charge is -2.26. The van der Waals surface area contributed by atoms with Crippen LogP contribution < -0.4 is 0 Å². The molecule has 4 heteroatoms. The first-order valence-electron chi connectivity index (χ1n) is 4.70. The topological polar surface area (TPSA) is 33.5 Å². The van der Waals surface area contributed by atoms with Crippen LogP contribution in [0.3, 0.4) is 0 Å². The molecule has 0 N–H and O–H groups in total. The molecule has 2 heterocycles. The molecule has 1 aliphatic heterocycles. The van der Waals surface area contributed by atoms with Crippen molar-refractivity contribution in [3.8, 4) is 0 Å². The molecule has 0 aromatic carbocycles. The van der Waals surface area contributed by atoms with E-state index in [-0.39, 0.29) is 5.91 Å².